The van der Waals surface area contributed by atoms with Crippen LogP contribution in [0, 0.1) is 0 Å². The Morgan fingerprint density at radius 3 is 2.45 bits per heavy atom. The van der Waals surface area contributed by atoms with Crippen molar-refractivity contribution in [1.82, 2.24) is 20.4 Å². The van der Waals surface area contributed by atoms with Crippen LogP contribution < -0.4 is 15.4 Å². The van der Waals surface area contributed by atoms with Crippen LogP contribution in [0.5, 0.6) is 5.75 Å². The van der Waals surface area contributed by atoms with E-state index < -0.39 is 0 Å². The molecule has 2 atom stereocenters. The Morgan fingerprint density at radius 1 is 1.12 bits per heavy atom. The van der Waals surface area contributed by atoms with E-state index in [1.165, 1.54) is 0 Å². The number of carbonyl (C=O) groups excluding carboxylic acids is 2. The van der Waals surface area contributed by atoms with Crippen LogP contribution in [0.4, 0.5) is 4.79 Å². The number of nitrogens with one attached hydrogen (secondary N) is 2. The van der Waals surface area contributed by atoms with E-state index in [0.29, 0.717) is 24.4 Å². The molecule has 2 unspecified atom stereocenters. The number of para-hydroxylation sites is 1. The van der Waals surface area contributed by atoms with E-state index in [4.69, 9.17) is 9.47 Å². The Balaban J connectivity index is 1.81. The molecule has 1 saturated heterocycles. The normalized spacial score (nSPS) is 18.5. The molecule has 0 aromatic heterocycles. The van der Waals surface area contributed by atoms with Gasteiger partial charge in [-0.15, -0.1) is 0 Å². The standard InChI is InChI=1S/C25H42N4O4/c1-5-7-15-29(16-8-6-2)25(31)26-14-18-28-17-13-21(23(19-28)33-4)27-24(30)20-11-9-10-12-22(20)32-3/h9-12,21,23H,5-8,13-19H2,1-4H3,(H,26,31)(H,27,30). The van der Waals surface area contributed by atoms with Crippen molar-refractivity contribution in [3.63, 3.8) is 0 Å². The van der Waals surface area contributed by atoms with Gasteiger partial charge < -0.3 is 25.0 Å². The molecule has 1 heterocycles. The fourth-order valence-electron chi connectivity index (χ4n) is 4.11. The lowest BCUT2D eigenvalue weighted by Gasteiger charge is -2.38. The lowest BCUT2D eigenvalue weighted by molar-refractivity contribution is 0.00688. The average molecular weight is 463 g/mol. The van der Waals surface area contributed by atoms with Crippen LogP contribution in [0.25, 0.3) is 0 Å². The van der Waals surface area contributed by atoms with Crippen molar-refractivity contribution >= 4 is 11.9 Å². The first-order valence-corrected chi connectivity index (χ1v) is 12.3. The van der Waals surface area contributed by atoms with Gasteiger partial charge >= 0.3 is 6.03 Å². The molecule has 0 radical (unpaired) electrons. The Bertz CT molecular complexity index is 722. The molecule has 33 heavy (non-hydrogen) atoms. The Labute approximate surface area is 199 Å². The number of piperidine rings is 1. The maximum atomic E-state index is 12.8. The van der Waals surface area contributed by atoms with Gasteiger partial charge in [0, 0.05) is 46.4 Å². The van der Waals surface area contributed by atoms with E-state index in [1.807, 2.05) is 17.0 Å². The number of unbranched alkanes of at least 4 members (excludes halogenated alkanes) is 2. The molecule has 1 aromatic rings. The molecule has 0 spiro atoms. The SMILES string of the molecule is CCCCN(CCCC)C(=O)NCCN1CCC(NC(=O)c2ccccc2OC)C(OC)C1. The summed E-state index contributed by atoms with van der Waals surface area (Å²) in [6.07, 6.45) is 4.89. The highest BCUT2D eigenvalue weighted by Gasteiger charge is 2.31. The highest BCUT2D eigenvalue weighted by Crippen LogP contribution is 2.19. The zero-order valence-corrected chi connectivity index (χ0v) is 20.8. The van der Waals surface area contributed by atoms with Gasteiger partial charge in [-0.3, -0.25) is 9.69 Å². The van der Waals surface area contributed by atoms with Gasteiger partial charge in [0.2, 0.25) is 0 Å². The third kappa shape index (κ3) is 8.51. The summed E-state index contributed by atoms with van der Waals surface area (Å²) in [6.45, 7) is 8.81. The summed E-state index contributed by atoms with van der Waals surface area (Å²) in [5, 5.41) is 6.19. The van der Waals surface area contributed by atoms with Crippen molar-refractivity contribution in [2.75, 3.05) is 53.5 Å². The first-order chi connectivity index (χ1) is 16.0. The lowest BCUT2D eigenvalue weighted by Crippen LogP contribution is -2.55. The van der Waals surface area contributed by atoms with Gasteiger partial charge in [-0.05, 0) is 31.4 Å². The summed E-state index contributed by atoms with van der Waals surface area (Å²) >= 11 is 0. The fourth-order valence-corrected chi connectivity index (χ4v) is 4.11. The first-order valence-electron chi connectivity index (χ1n) is 12.3. The van der Waals surface area contributed by atoms with Gasteiger partial charge in [0.15, 0.2) is 0 Å². The number of methoxy groups -OCH3 is 2. The molecule has 1 fully saturated rings. The number of hydrogen-bond donors (Lipinski definition) is 2. The number of hydrogen-bond acceptors (Lipinski definition) is 5. The predicted molar refractivity (Wildman–Crippen MR) is 131 cm³/mol. The molecular weight excluding hydrogens is 420 g/mol. The Hall–Kier alpha value is -2.32. The smallest absolute Gasteiger partial charge is 0.317 e. The third-order valence-corrected chi connectivity index (χ3v) is 6.17. The summed E-state index contributed by atoms with van der Waals surface area (Å²) in [5.41, 5.74) is 0.524. The van der Waals surface area contributed by atoms with Crippen LogP contribution >= 0.6 is 0 Å². The number of benzene rings is 1. The number of likely N-dealkylation sites (tertiary alicyclic amines) is 1. The third-order valence-electron chi connectivity index (χ3n) is 6.17. The summed E-state index contributed by atoms with van der Waals surface area (Å²) in [6, 6.07) is 7.17. The van der Waals surface area contributed by atoms with Gasteiger partial charge in [0.05, 0.1) is 24.8 Å². The second-order valence-corrected chi connectivity index (χ2v) is 8.57. The van der Waals surface area contributed by atoms with Crippen LogP contribution in [0.2, 0.25) is 0 Å². The molecule has 2 rings (SSSR count). The van der Waals surface area contributed by atoms with Gasteiger partial charge in [-0.1, -0.05) is 38.8 Å². The number of carbonyl (C=O) groups is 2. The molecule has 1 aliphatic heterocycles. The van der Waals surface area contributed by atoms with E-state index in [1.54, 1.807) is 26.4 Å². The zero-order chi connectivity index (χ0) is 24.1. The molecule has 8 nitrogen and oxygen atoms in total. The molecule has 3 amide bonds. The highest BCUT2D eigenvalue weighted by atomic mass is 16.5. The van der Waals surface area contributed by atoms with E-state index in [2.05, 4.69) is 29.4 Å². The molecule has 186 valence electrons. The minimum Gasteiger partial charge on any atom is -0.496 e. The minimum absolute atomic E-state index is 0.0270. The number of rotatable bonds is 13. The largest absolute Gasteiger partial charge is 0.496 e. The van der Waals surface area contributed by atoms with Gasteiger partial charge in [-0.25, -0.2) is 4.79 Å². The summed E-state index contributed by atoms with van der Waals surface area (Å²) < 4.78 is 11.0. The number of amides is 3. The maximum Gasteiger partial charge on any atom is 0.317 e. The molecular formula is C25H42N4O4. The van der Waals surface area contributed by atoms with E-state index in [0.717, 1.165) is 58.3 Å². The maximum absolute atomic E-state index is 12.8. The number of urea groups is 1. The van der Waals surface area contributed by atoms with Crippen molar-refractivity contribution in [3.05, 3.63) is 29.8 Å². The molecule has 2 N–H and O–H groups in total. The minimum atomic E-state index is -0.153. The van der Waals surface area contributed by atoms with Gasteiger partial charge in [-0.2, -0.15) is 0 Å². The van der Waals surface area contributed by atoms with Crippen LogP contribution in [-0.4, -0.2) is 87.4 Å². The monoisotopic (exact) mass is 462 g/mol. The number of ether oxygens (including phenoxy) is 2. The zero-order valence-electron chi connectivity index (χ0n) is 20.8. The van der Waals surface area contributed by atoms with Crippen LogP contribution in [-0.2, 0) is 4.74 Å². The van der Waals surface area contributed by atoms with Crippen molar-refractivity contribution in [3.8, 4) is 5.75 Å². The lowest BCUT2D eigenvalue weighted by atomic mass is 10.0. The Morgan fingerprint density at radius 2 is 1.82 bits per heavy atom. The topological polar surface area (TPSA) is 83.1 Å². The van der Waals surface area contributed by atoms with Crippen LogP contribution in [0.3, 0.4) is 0 Å². The Kier molecular flexibility index (Phi) is 12.0. The summed E-state index contributed by atoms with van der Waals surface area (Å²) in [5.74, 6) is 0.406. The molecule has 0 saturated carbocycles. The fraction of sp³-hybridized carbons (Fsp3) is 0.680. The average Bonchev–Trinajstić information content (AvgIpc) is 2.84. The highest BCUT2D eigenvalue weighted by molar-refractivity contribution is 5.97. The second-order valence-electron chi connectivity index (χ2n) is 8.57. The van der Waals surface area contributed by atoms with Crippen LogP contribution in [0.15, 0.2) is 24.3 Å². The van der Waals surface area contributed by atoms with E-state index in [-0.39, 0.29) is 24.1 Å². The van der Waals surface area contributed by atoms with E-state index in [9.17, 15) is 9.59 Å². The van der Waals surface area contributed by atoms with Gasteiger partial charge in [0.1, 0.15) is 5.75 Å². The first kappa shape index (κ1) is 26.9. The molecule has 1 aromatic carbocycles. The summed E-state index contributed by atoms with van der Waals surface area (Å²) in [7, 11) is 3.24. The molecule has 1 aliphatic rings. The van der Waals surface area contributed by atoms with Crippen molar-refractivity contribution in [2.24, 2.45) is 0 Å². The van der Waals surface area contributed by atoms with Crippen LogP contribution in [0.1, 0.15) is 56.3 Å². The molecule has 8 heteroatoms. The van der Waals surface area contributed by atoms with Gasteiger partial charge in [0.25, 0.3) is 5.91 Å². The van der Waals surface area contributed by atoms with E-state index >= 15 is 0 Å². The van der Waals surface area contributed by atoms with Crippen molar-refractivity contribution < 1.29 is 19.1 Å². The quantitative estimate of drug-likeness (QED) is 0.471. The van der Waals surface area contributed by atoms with Crippen molar-refractivity contribution in [1.29, 1.82) is 0 Å². The number of nitrogens with zero attached hydrogens (tertiary/aromatic N) is 2. The summed E-state index contributed by atoms with van der Waals surface area (Å²) in [4.78, 5) is 29.6. The second kappa shape index (κ2) is 14.8. The predicted octanol–water partition coefficient (Wildman–Crippen LogP) is 3.13. The molecule has 0 bridgehead atoms. The molecule has 0 aliphatic carbocycles. The van der Waals surface area contributed by atoms with Crippen molar-refractivity contribution in [2.45, 2.75) is 58.1 Å².